The smallest absolute Gasteiger partial charge is 0.152 e. The van der Waals surface area contributed by atoms with E-state index in [-0.39, 0.29) is 0 Å². The minimum absolute atomic E-state index is 0.878. The second-order valence-corrected chi connectivity index (χ2v) is 12.1. The molecule has 46 heavy (non-hydrogen) atoms. The number of hydrogen-bond acceptors (Lipinski definition) is 2. The lowest BCUT2D eigenvalue weighted by Gasteiger charge is -2.20. The van der Waals surface area contributed by atoms with Gasteiger partial charge in [-0.05, 0) is 82.9 Å². The molecule has 0 aliphatic carbocycles. The normalized spacial score (nSPS) is 12.7. The second-order valence-electron chi connectivity index (χ2n) is 12.1. The Morgan fingerprint density at radius 3 is 1.28 bits per heavy atom. The van der Waals surface area contributed by atoms with Crippen LogP contribution in [0, 0.1) is 0 Å². The number of hydrogen-bond donors (Lipinski definition) is 0. The van der Waals surface area contributed by atoms with Gasteiger partial charge < -0.3 is 18.6 Å². The van der Waals surface area contributed by atoms with E-state index in [1.807, 2.05) is 24.3 Å². The third-order valence-corrected chi connectivity index (χ3v) is 9.70. The number of nitrogens with zero attached hydrogens (tertiary/aromatic N) is 2. The van der Waals surface area contributed by atoms with Crippen LogP contribution in [-0.4, -0.2) is 9.13 Å². The third kappa shape index (κ3) is 3.07. The van der Waals surface area contributed by atoms with Crippen molar-refractivity contribution >= 4 is 43.6 Å². The summed E-state index contributed by atoms with van der Waals surface area (Å²) in [5.41, 5.74) is 11.5. The summed E-state index contributed by atoms with van der Waals surface area (Å²) in [4.78, 5) is 0. The van der Waals surface area contributed by atoms with Crippen LogP contribution in [0.5, 0.6) is 23.0 Å². The number of aromatic nitrogens is 2. The first-order valence-corrected chi connectivity index (χ1v) is 15.6. The summed E-state index contributed by atoms with van der Waals surface area (Å²) in [5, 5.41) is 4.82. The van der Waals surface area contributed by atoms with Gasteiger partial charge in [-0.1, -0.05) is 84.9 Å². The van der Waals surface area contributed by atoms with Crippen LogP contribution in [-0.2, 0) is 0 Å². The number of ether oxygens (including phenoxy) is 2. The Kier molecular flexibility index (Phi) is 4.55. The molecule has 0 bridgehead atoms. The molecule has 0 spiro atoms. The predicted molar refractivity (Wildman–Crippen MR) is 186 cm³/mol. The molecule has 214 valence electrons. The molecule has 0 radical (unpaired) electrons. The standard InChI is InChI=1S/C42H24N2O2/c1-2-10-28(26-20-22-34-32(24-26)30-12-8-18-40-42(30)44(34)36-14-4-6-16-38(36)46-40)27(9-1)25-19-21-33-31(23-25)29-11-7-17-39-41(29)43(33)35-13-3-5-15-37(35)45-39/h1-24H. The molecule has 0 fully saturated rings. The van der Waals surface area contributed by atoms with E-state index in [9.17, 15) is 0 Å². The Hall–Kier alpha value is -6.26. The predicted octanol–water partition coefficient (Wildman–Crippen LogP) is 11.4. The molecule has 0 amide bonds. The van der Waals surface area contributed by atoms with Crippen LogP contribution < -0.4 is 9.47 Å². The monoisotopic (exact) mass is 588 g/mol. The van der Waals surface area contributed by atoms with Gasteiger partial charge >= 0.3 is 0 Å². The molecule has 7 aromatic carbocycles. The maximum absolute atomic E-state index is 6.35. The average Bonchev–Trinajstić information content (AvgIpc) is 3.63. The topological polar surface area (TPSA) is 28.3 Å². The molecular weight excluding hydrogens is 564 g/mol. The van der Waals surface area contributed by atoms with Gasteiger partial charge in [-0.3, -0.25) is 0 Å². The van der Waals surface area contributed by atoms with Crippen molar-refractivity contribution in [3.8, 4) is 56.6 Å². The minimum atomic E-state index is 0.878. The van der Waals surface area contributed by atoms with Crippen LogP contribution in [0.4, 0.5) is 0 Å². The van der Waals surface area contributed by atoms with Crippen molar-refractivity contribution in [3.05, 3.63) is 146 Å². The summed E-state index contributed by atoms with van der Waals surface area (Å²) in [6, 6.07) is 51.7. The zero-order chi connectivity index (χ0) is 29.9. The molecule has 4 nitrogen and oxygen atoms in total. The zero-order valence-electron chi connectivity index (χ0n) is 24.6. The van der Waals surface area contributed by atoms with Gasteiger partial charge in [-0.2, -0.15) is 0 Å². The van der Waals surface area contributed by atoms with Crippen molar-refractivity contribution in [1.29, 1.82) is 0 Å². The van der Waals surface area contributed by atoms with E-state index in [2.05, 4.69) is 130 Å². The number of benzene rings is 7. The van der Waals surface area contributed by atoms with Gasteiger partial charge in [0, 0.05) is 21.5 Å². The van der Waals surface area contributed by atoms with E-state index < -0.39 is 0 Å². The van der Waals surface area contributed by atoms with Crippen molar-refractivity contribution in [2.75, 3.05) is 0 Å². The highest BCUT2D eigenvalue weighted by Crippen LogP contribution is 2.48. The molecule has 2 aliphatic rings. The van der Waals surface area contributed by atoms with Gasteiger partial charge in [0.25, 0.3) is 0 Å². The Morgan fingerprint density at radius 2 is 0.783 bits per heavy atom. The first-order chi connectivity index (χ1) is 22.8. The number of rotatable bonds is 2. The fourth-order valence-corrected chi connectivity index (χ4v) is 7.76. The van der Waals surface area contributed by atoms with Gasteiger partial charge in [0.1, 0.15) is 0 Å². The SMILES string of the molecule is c1ccc2c(c1)Oc1cccc3c4cc(-c5ccccc5-c5ccc6c(c5)c5cccc7c5n6-c5ccccc5O7)ccc4n-2c13. The number of para-hydroxylation sites is 6. The van der Waals surface area contributed by atoms with Crippen molar-refractivity contribution in [2.45, 2.75) is 0 Å². The Balaban J connectivity index is 1.12. The highest BCUT2D eigenvalue weighted by atomic mass is 16.5. The van der Waals surface area contributed by atoms with Crippen molar-refractivity contribution < 1.29 is 9.47 Å². The average molecular weight is 589 g/mol. The Bertz CT molecular complexity index is 2570. The lowest BCUT2D eigenvalue weighted by atomic mass is 9.93. The first-order valence-electron chi connectivity index (χ1n) is 15.6. The molecule has 0 saturated heterocycles. The minimum Gasteiger partial charge on any atom is -0.453 e. The maximum Gasteiger partial charge on any atom is 0.152 e. The summed E-state index contributed by atoms with van der Waals surface area (Å²) in [7, 11) is 0. The van der Waals surface area contributed by atoms with E-state index >= 15 is 0 Å². The summed E-state index contributed by atoms with van der Waals surface area (Å²) in [5.74, 6) is 3.54. The molecule has 0 saturated carbocycles. The molecule has 11 rings (SSSR count). The zero-order valence-corrected chi connectivity index (χ0v) is 24.6. The van der Waals surface area contributed by atoms with Crippen LogP contribution in [0.15, 0.2) is 146 Å². The fraction of sp³-hybridized carbons (Fsp3) is 0. The van der Waals surface area contributed by atoms with E-state index in [0.29, 0.717) is 0 Å². The van der Waals surface area contributed by atoms with Crippen LogP contribution in [0.2, 0.25) is 0 Å². The van der Waals surface area contributed by atoms with Crippen molar-refractivity contribution in [1.82, 2.24) is 9.13 Å². The summed E-state index contributed by atoms with van der Waals surface area (Å²) in [6.07, 6.45) is 0. The van der Waals surface area contributed by atoms with E-state index in [1.54, 1.807) is 0 Å². The molecule has 0 unspecified atom stereocenters. The molecule has 4 heteroatoms. The summed E-state index contributed by atoms with van der Waals surface area (Å²) < 4.78 is 17.4. The van der Waals surface area contributed by atoms with Crippen molar-refractivity contribution in [2.24, 2.45) is 0 Å². The maximum atomic E-state index is 6.35. The van der Waals surface area contributed by atoms with Gasteiger partial charge in [0.05, 0.1) is 33.4 Å². The highest BCUT2D eigenvalue weighted by Gasteiger charge is 2.25. The highest BCUT2D eigenvalue weighted by molar-refractivity contribution is 6.15. The van der Waals surface area contributed by atoms with E-state index in [1.165, 1.54) is 54.8 Å². The van der Waals surface area contributed by atoms with Gasteiger partial charge in [0.2, 0.25) is 0 Å². The largest absolute Gasteiger partial charge is 0.453 e. The lowest BCUT2D eigenvalue weighted by molar-refractivity contribution is 0.476. The molecule has 2 aromatic heterocycles. The second kappa shape index (κ2) is 8.68. The molecule has 9 aromatic rings. The van der Waals surface area contributed by atoms with E-state index in [4.69, 9.17) is 9.47 Å². The molecule has 4 heterocycles. The Labute approximate surface area is 263 Å². The van der Waals surface area contributed by atoms with Crippen molar-refractivity contribution in [3.63, 3.8) is 0 Å². The van der Waals surface area contributed by atoms with E-state index in [0.717, 1.165) is 45.4 Å². The van der Waals surface area contributed by atoms with Crippen LogP contribution in [0.3, 0.4) is 0 Å². The van der Waals surface area contributed by atoms with Crippen LogP contribution in [0.1, 0.15) is 0 Å². The quantitative estimate of drug-likeness (QED) is 0.201. The first kappa shape index (κ1) is 24.1. The molecule has 0 N–H and O–H groups in total. The molecular formula is C42H24N2O2. The third-order valence-electron chi connectivity index (χ3n) is 9.70. The van der Waals surface area contributed by atoms with Crippen LogP contribution >= 0.6 is 0 Å². The summed E-state index contributed by atoms with van der Waals surface area (Å²) in [6.45, 7) is 0. The Morgan fingerprint density at radius 1 is 0.348 bits per heavy atom. The van der Waals surface area contributed by atoms with Gasteiger partial charge in [0.15, 0.2) is 23.0 Å². The van der Waals surface area contributed by atoms with Gasteiger partial charge in [-0.15, -0.1) is 0 Å². The van der Waals surface area contributed by atoms with Crippen LogP contribution in [0.25, 0.3) is 77.2 Å². The molecule has 2 aliphatic heterocycles. The molecule has 0 atom stereocenters. The number of fused-ring (bicyclic) bond motifs is 10. The summed E-state index contributed by atoms with van der Waals surface area (Å²) >= 11 is 0. The lowest BCUT2D eigenvalue weighted by Crippen LogP contribution is -2.03. The fourth-order valence-electron chi connectivity index (χ4n) is 7.76. The van der Waals surface area contributed by atoms with Gasteiger partial charge in [-0.25, -0.2) is 0 Å².